The molecule has 1 N–H and O–H groups in total. The molecule has 0 aliphatic carbocycles. The van der Waals surface area contributed by atoms with E-state index in [4.69, 9.17) is 19.8 Å². The number of nitrogens with zero attached hydrogens (tertiary/aromatic N) is 5. The van der Waals surface area contributed by atoms with Gasteiger partial charge in [-0.25, -0.2) is 14.6 Å². The highest BCUT2D eigenvalue weighted by molar-refractivity contribution is 5.82. The van der Waals surface area contributed by atoms with Crippen molar-refractivity contribution in [1.29, 1.82) is 0 Å². The summed E-state index contributed by atoms with van der Waals surface area (Å²) in [5, 5.41) is 9.33. The molecule has 30 heavy (non-hydrogen) atoms. The standard InChI is InChI=1S/C23H30N6O/c1-15-10-19-13-25-29(21(19)11-20(15)18-4-6-24-7-5-18)23-12-22(26-17(3)27-23)28-8-9-30-16(2)14-28/h10-13,16,18,24H,4-9,14H2,1-3H3. The van der Waals surface area contributed by atoms with Gasteiger partial charge in [0, 0.05) is 24.5 Å². The summed E-state index contributed by atoms with van der Waals surface area (Å²) < 4.78 is 7.67. The van der Waals surface area contributed by atoms with Crippen molar-refractivity contribution < 1.29 is 4.74 Å². The van der Waals surface area contributed by atoms with Crippen LogP contribution in [0, 0.1) is 13.8 Å². The molecule has 2 aromatic heterocycles. The van der Waals surface area contributed by atoms with Gasteiger partial charge < -0.3 is 15.0 Å². The van der Waals surface area contributed by atoms with Crippen LogP contribution in [-0.4, -0.2) is 58.6 Å². The van der Waals surface area contributed by atoms with Crippen LogP contribution in [-0.2, 0) is 4.74 Å². The Bertz CT molecular complexity index is 1060. The van der Waals surface area contributed by atoms with Crippen LogP contribution < -0.4 is 10.2 Å². The van der Waals surface area contributed by atoms with E-state index in [1.807, 2.05) is 17.8 Å². The first-order valence-electron chi connectivity index (χ1n) is 11.0. The minimum Gasteiger partial charge on any atom is -0.375 e. The predicted octanol–water partition coefficient (Wildman–Crippen LogP) is 3.12. The zero-order valence-corrected chi connectivity index (χ0v) is 18.1. The summed E-state index contributed by atoms with van der Waals surface area (Å²) in [6, 6.07) is 6.66. The van der Waals surface area contributed by atoms with Crippen LogP contribution >= 0.6 is 0 Å². The van der Waals surface area contributed by atoms with E-state index in [-0.39, 0.29) is 6.10 Å². The molecule has 0 radical (unpaired) electrons. The van der Waals surface area contributed by atoms with Crippen LogP contribution in [0.3, 0.4) is 0 Å². The number of anilines is 1. The number of hydrogen-bond acceptors (Lipinski definition) is 6. The molecule has 7 heteroatoms. The van der Waals surface area contributed by atoms with Crippen molar-refractivity contribution in [3.8, 4) is 5.82 Å². The topological polar surface area (TPSA) is 68.1 Å². The SMILES string of the molecule is Cc1nc(N2CCOC(C)C2)cc(-n2ncc3cc(C)c(C4CCNCC4)cc32)n1. The molecule has 2 fully saturated rings. The van der Waals surface area contributed by atoms with Gasteiger partial charge in [0.15, 0.2) is 5.82 Å². The van der Waals surface area contributed by atoms with Crippen LogP contribution in [0.1, 0.15) is 42.6 Å². The fraction of sp³-hybridized carbons (Fsp3) is 0.522. The summed E-state index contributed by atoms with van der Waals surface area (Å²) in [7, 11) is 0. The molecule has 0 bridgehead atoms. The van der Waals surface area contributed by atoms with Gasteiger partial charge in [-0.15, -0.1) is 0 Å². The van der Waals surface area contributed by atoms with Crippen molar-refractivity contribution in [1.82, 2.24) is 25.1 Å². The number of piperidine rings is 1. The smallest absolute Gasteiger partial charge is 0.159 e. The Morgan fingerprint density at radius 2 is 1.87 bits per heavy atom. The number of ether oxygens (including phenoxy) is 1. The molecule has 0 amide bonds. The molecule has 3 aromatic rings. The number of benzene rings is 1. The molecule has 1 aromatic carbocycles. The van der Waals surface area contributed by atoms with E-state index in [0.29, 0.717) is 5.92 Å². The van der Waals surface area contributed by atoms with Crippen molar-refractivity contribution in [2.75, 3.05) is 37.7 Å². The third-order valence-electron chi connectivity index (χ3n) is 6.33. The molecule has 2 saturated heterocycles. The summed E-state index contributed by atoms with van der Waals surface area (Å²) in [6.07, 6.45) is 4.53. The number of aromatic nitrogens is 4. The normalized spacial score (nSPS) is 20.8. The van der Waals surface area contributed by atoms with E-state index >= 15 is 0 Å². The van der Waals surface area contributed by atoms with Gasteiger partial charge in [-0.3, -0.25) is 0 Å². The number of rotatable bonds is 3. The van der Waals surface area contributed by atoms with Gasteiger partial charge in [0.2, 0.25) is 0 Å². The lowest BCUT2D eigenvalue weighted by molar-refractivity contribution is 0.0529. The summed E-state index contributed by atoms with van der Waals surface area (Å²) in [6.45, 7) is 10.9. The molecule has 158 valence electrons. The first kappa shape index (κ1) is 19.5. The zero-order valence-electron chi connectivity index (χ0n) is 18.1. The minimum atomic E-state index is 0.207. The van der Waals surface area contributed by atoms with Crippen LogP contribution in [0.15, 0.2) is 24.4 Å². The van der Waals surface area contributed by atoms with E-state index in [2.05, 4.69) is 42.3 Å². The number of morpholine rings is 1. The van der Waals surface area contributed by atoms with E-state index in [0.717, 1.165) is 61.1 Å². The Hall–Kier alpha value is -2.51. The van der Waals surface area contributed by atoms with E-state index in [9.17, 15) is 0 Å². The third kappa shape index (κ3) is 3.68. The largest absolute Gasteiger partial charge is 0.375 e. The van der Waals surface area contributed by atoms with E-state index in [1.165, 1.54) is 24.0 Å². The molecule has 0 spiro atoms. The van der Waals surface area contributed by atoms with Crippen LogP contribution in [0.25, 0.3) is 16.7 Å². The fourth-order valence-electron chi connectivity index (χ4n) is 4.79. The van der Waals surface area contributed by atoms with Gasteiger partial charge in [0.05, 0.1) is 24.4 Å². The highest BCUT2D eigenvalue weighted by Crippen LogP contribution is 2.32. The van der Waals surface area contributed by atoms with Crippen molar-refractivity contribution in [2.45, 2.75) is 45.6 Å². The number of nitrogens with one attached hydrogen (secondary N) is 1. The second-order valence-corrected chi connectivity index (χ2v) is 8.61. The van der Waals surface area contributed by atoms with Crippen LogP contribution in [0.4, 0.5) is 5.82 Å². The maximum Gasteiger partial charge on any atom is 0.159 e. The summed E-state index contributed by atoms with van der Waals surface area (Å²) in [4.78, 5) is 11.7. The van der Waals surface area contributed by atoms with Gasteiger partial charge in [-0.2, -0.15) is 5.10 Å². The average Bonchev–Trinajstić information content (AvgIpc) is 3.16. The molecule has 1 atom stereocenters. The van der Waals surface area contributed by atoms with Crippen LogP contribution in [0.5, 0.6) is 0 Å². The first-order chi connectivity index (χ1) is 14.6. The summed E-state index contributed by atoms with van der Waals surface area (Å²) >= 11 is 0. The fourth-order valence-corrected chi connectivity index (χ4v) is 4.79. The van der Waals surface area contributed by atoms with Gasteiger partial charge in [0.25, 0.3) is 0 Å². The zero-order chi connectivity index (χ0) is 20.7. The number of hydrogen-bond donors (Lipinski definition) is 1. The monoisotopic (exact) mass is 406 g/mol. The van der Waals surface area contributed by atoms with Crippen molar-refractivity contribution in [3.05, 3.63) is 41.3 Å². The molecule has 2 aliphatic heterocycles. The van der Waals surface area contributed by atoms with Gasteiger partial charge >= 0.3 is 0 Å². The Labute approximate surface area is 177 Å². The molecule has 4 heterocycles. The van der Waals surface area contributed by atoms with E-state index in [1.54, 1.807) is 0 Å². The first-order valence-corrected chi connectivity index (χ1v) is 11.0. The lowest BCUT2D eigenvalue weighted by Gasteiger charge is -2.32. The Kier molecular flexibility index (Phi) is 5.16. The minimum absolute atomic E-state index is 0.207. The third-order valence-corrected chi connectivity index (χ3v) is 6.33. The van der Waals surface area contributed by atoms with Crippen LogP contribution in [0.2, 0.25) is 0 Å². The highest BCUT2D eigenvalue weighted by atomic mass is 16.5. The molecule has 5 rings (SSSR count). The molecule has 7 nitrogen and oxygen atoms in total. The molecule has 2 aliphatic rings. The average molecular weight is 407 g/mol. The Morgan fingerprint density at radius 1 is 1.07 bits per heavy atom. The second kappa shape index (κ2) is 7.96. The number of fused-ring (bicyclic) bond motifs is 1. The number of aryl methyl sites for hydroxylation is 2. The van der Waals surface area contributed by atoms with E-state index < -0.39 is 0 Å². The molecular formula is C23H30N6O. The van der Waals surface area contributed by atoms with Gasteiger partial charge in [-0.1, -0.05) is 0 Å². The molecular weight excluding hydrogens is 376 g/mol. The Morgan fingerprint density at radius 3 is 2.67 bits per heavy atom. The maximum absolute atomic E-state index is 5.69. The molecule has 1 unspecified atom stereocenters. The van der Waals surface area contributed by atoms with Gasteiger partial charge in [0.1, 0.15) is 11.6 Å². The van der Waals surface area contributed by atoms with Crippen molar-refractivity contribution >= 4 is 16.7 Å². The quantitative estimate of drug-likeness (QED) is 0.721. The lowest BCUT2D eigenvalue weighted by Crippen LogP contribution is -2.41. The second-order valence-electron chi connectivity index (χ2n) is 8.61. The van der Waals surface area contributed by atoms with Crippen molar-refractivity contribution in [3.63, 3.8) is 0 Å². The Balaban J connectivity index is 1.56. The molecule has 0 saturated carbocycles. The maximum atomic E-state index is 5.69. The summed E-state index contributed by atoms with van der Waals surface area (Å²) in [5.41, 5.74) is 3.92. The van der Waals surface area contributed by atoms with Gasteiger partial charge in [-0.05, 0) is 75.9 Å². The lowest BCUT2D eigenvalue weighted by atomic mass is 9.87. The predicted molar refractivity (Wildman–Crippen MR) is 119 cm³/mol. The van der Waals surface area contributed by atoms with Crippen molar-refractivity contribution in [2.24, 2.45) is 0 Å². The highest BCUT2D eigenvalue weighted by Gasteiger charge is 2.21. The summed E-state index contributed by atoms with van der Waals surface area (Å²) in [5.74, 6) is 3.14.